The Hall–Kier alpha value is -2.63. The fourth-order valence-electron chi connectivity index (χ4n) is 2.28. The van der Waals surface area contributed by atoms with Gasteiger partial charge in [0.15, 0.2) is 0 Å². The van der Waals surface area contributed by atoms with Gasteiger partial charge in [-0.15, -0.1) is 0 Å². The Bertz CT molecular complexity index is 696. The second-order valence-electron chi connectivity index (χ2n) is 5.58. The minimum Gasteiger partial charge on any atom is -0.487 e. The average Bonchev–Trinajstić information content (AvgIpc) is 2.52. The molecule has 0 unspecified atom stereocenters. The third kappa shape index (κ3) is 3.97. The zero-order valence-electron chi connectivity index (χ0n) is 13.9. The number of carbonyl (C=O) groups is 1. The molecule has 1 aromatic heterocycles. The maximum absolute atomic E-state index is 12.0. The number of carbonyl (C=O) groups excluding carboxylic acids is 1. The summed E-state index contributed by atoms with van der Waals surface area (Å²) in [5.41, 5.74) is 8.33. The molecule has 1 aromatic carbocycles. The molecule has 0 aliphatic heterocycles. The number of anilines is 1. The van der Waals surface area contributed by atoms with Crippen molar-refractivity contribution in [1.29, 1.82) is 0 Å². The lowest BCUT2D eigenvalue weighted by atomic mass is 10.0. The monoisotopic (exact) mass is 314 g/mol. The van der Waals surface area contributed by atoms with Crippen molar-refractivity contribution in [3.63, 3.8) is 0 Å². The van der Waals surface area contributed by atoms with Gasteiger partial charge in [-0.1, -0.05) is 26.0 Å². The molecule has 1 heterocycles. The lowest BCUT2D eigenvalue weighted by molar-refractivity contribution is 0.0959. The van der Waals surface area contributed by atoms with Crippen LogP contribution in [0.2, 0.25) is 0 Å². The molecule has 0 radical (unpaired) electrons. The van der Waals surface area contributed by atoms with Gasteiger partial charge in [-0.3, -0.25) is 4.79 Å². The van der Waals surface area contributed by atoms with Gasteiger partial charge in [0, 0.05) is 7.05 Å². The number of nitrogen functional groups attached to an aromatic ring is 1. The van der Waals surface area contributed by atoms with E-state index in [1.165, 1.54) is 5.56 Å². The average molecular weight is 314 g/mol. The molecule has 2 aromatic rings. The van der Waals surface area contributed by atoms with Crippen LogP contribution in [0.4, 0.5) is 5.95 Å². The molecule has 0 spiro atoms. The molecule has 0 bridgehead atoms. The van der Waals surface area contributed by atoms with Gasteiger partial charge in [0.1, 0.15) is 12.4 Å². The predicted molar refractivity (Wildman–Crippen MR) is 89.4 cm³/mol. The first-order valence-corrected chi connectivity index (χ1v) is 7.50. The Kier molecular flexibility index (Phi) is 5.16. The number of benzene rings is 1. The summed E-state index contributed by atoms with van der Waals surface area (Å²) in [6.07, 6.45) is 0. The molecular formula is C17H22N4O2. The van der Waals surface area contributed by atoms with Gasteiger partial charge in [-0.05, 0) is 30.5 Å². The van der Waals surface area contributed by atoms with E-state index in [4.69, 9.17) is 10.5 Å². The minimum absolute atomic E-state index is 0.129. The molecule has 0 saturated carbocycles. The summed E-state index contributed by atoms with van der Waals surface area (Å²) < 4.78 is 5.75. The van der Waals surface area contributed by atoms with Crippen LogP contribution in [-0.4, -0.2) is 22.9 Å². The highest BCUT2D eigenvalue weighted by molar-refractivity contribution is 5.96. The second kappa shape index (κ2) is 7.09. The smallest absolute Gasteiger partial charge is 0.254 e. The highest BCUT2D eigenvalue weighted by Crippen LogP contribution is 2.20. The van der Waals surface area contributed by atoms with E-state index < -0.39 is 0 Å². The van der Waals surface area contributed by atoms with E-state index in [9.17, 15) is 4.79 Å². The number of hydrogen-bond donors (Lipinski definition) is 2. The van der Waals surface area contributed by atoms with Crippen LogP contribution in [-0.2, 0) is 6.61 Å². The van der Waals surface area contributed by atoms with Crippen LogP contribution in [0.25, 0.3) is 0 Å². The van der Waals surface area contributed by atoms with Crippen molar-refractivity contribution in [3.8, 4) is 5.75 Å². The fourth-order valence-corrected chi connectivity index (χ4v) is 2.28. The van der Waals surface area contributed by atoms with E-state index in [0.717, 1.165) is 0 Å². The number of aryl methyl sites for hydroxylation is 1. The molecule has 0 saturated heterocycles. The molecule has 6 heteroatoms. The minimum atomic E-state index is -0.253. The van der Waals surface area contributed by atoms with Crippen molar-refractivity contribution in [1.82, 2.24) is 15.3 Å². The molecular weight excluding hydrogens is 292 g/mol. The number of nitrogens with one attached hydrogen (secondary N) is 1. The van der Waals surface area contributed by atoms with Gasteiger partial charge in [-0.2, -0.15) is 0 Å². The van der Waals surface area contributed by atoms with Crippen LogP contribution in [0.15, 0.2) is 24.3 Å². The summed E-state index contributed by atoms with van der Waals surface area (Å²) in [4.78, 5) is 20.2. The molecule has 0 aliphatic carbocycles. The number of aromatic nitrogens is 2. The van der Waals surface area contributed by atoms with Gasteiger partial charge in [0.25, 0.3) is 5.91 Å². The Morgan fingerprint density at radius 2 is 1.91 bits per heavy atom. The third-order valence-electron chi connectivity index (χ3n) is 3.56. The van der Waals surface area contributed by atoms with Crippen LogP contribution < -0.4 is 15.8 Å². The lowest BCUT2D eigenvalue weighted by Gasteiger charge is -2.12. The summed E-state index contributed by atoms with van der Waals surface area (Å²) in [6.45, 7) is 6.15. The first-order chi connectivity index (χ1) is 10.9. The summed E-state index contributed by atoms with van der Waals surface area (Å²) in [5.74, 6) is 1.06. The molecule has 1 amide bonds. The van der Waals surface area contributed by atoms with E-state index in [1.807, 2.05) is 24.3 Å². The molecule has 2 rings (SSSR count). The van der Waals surface area contributed by atoms with Crippen LogP contribution >= 0.6 is 0 Å². The van der Waals surface area contributed by atoms with E-state index >= 15 is 0 Å². The van der Waals surface area contributed by atoms with Crippen molar-refractivity contribution in [2.45, 2.75) is 33.3 Å². The van der Waals surface area contributed by atoms with E-state index in [-0.39, 0.29) is 18.5 Å². The molecule has 122 valence electrons. The van der Waals surface area contributed by atoms with Crippen LogP contribution in [0, 0.1) is 6.92 Å². The van der Waals surface area contributed by atoms with E-state index in [2.05, 4.69) is 29.1 Å². The molecule has 0 atom stereocenters. The van der Waals surface area contributed by atoms with Crippen molar-refractivity contribution in [3.05, 3.63) is 46.8 Å². The fraction of sp³-hybridized carbons (Fsp3) is 0.353. The third-order valence-corrected chi connectivity index (χ3v) is 3.56. The maximum Gasteiger partial charge on any atom is 0.254 e. The molecule has 6 nitrogen and oxygen atoms in total. The van der Waals surface area contributed by atoms with Crippen molar-refractivity contribution in [2.24, 2.45) is 0 Å². The van der Waals surface area contributed by atoms with Gasteiger partial charge < -0.3 is 15.8 Å². The topological polar surface area (TPSA) is 90.1 Å². The Morgan fingerprint density at radius 3 is 2.48 bits per heavy atom. The van der Waals surface area contributed by atoms with Gasteiger partial charge in [0.05, 0.1) is 17.0 Å². The van der Waals surface area contributed by atoms with E-state index in [0.29, 0.717) is 28.6 Å². The standard InChI is InChI=1S/C17H22N4O2/c1-10(2)12-5-7-13(8-6-12)23-9-14-15(16(22)19-4)11(3)20-17(18)21-14/h5-8,10H,9H2,1-4H3,(H,19,22)(H2,18,20,21). The number of rotatable bonds is 5. The van der Waals surface area contributed by atoms with Gasteiger partial charge in [0.2, 0.25) is 5.95 Å². The molecule has 0 fully saturated rings. The summed E-state index contributed by atoms with van der Waals surface area (Å²) in [6, 6.07) is 7.87. The van der Waals surface area contributed by atoms with Gasteiger partial charge >= 0.3 is 0 Å². The summed E-state index contributed by atoms with van der Waals surface area (Å²) in [5, 5.41) is 2.58. The number of amides is 1. The molecule has 3 N–H and O–H groups in total. The largest absolute Gasteiger partial charge is 0.487 e. The summed E-state index contributed by atoms with van der Waals surface area (Å²) in [7, 11) is 1.56. The number of nitrogens with zero attached hydrogens (tertiary/aromatic N) is 2. The van der Waals surface area contributed by atoms with Crippen molar-refractivity contribution >= 4 is 11.9 Å². The number of hydrogen-bond acceptors (Lipinski definition) is 5. The molecule has 0 aliphatic rings. The highest BCUT2D eigenvalue weighted by atomic mass is 16.5. The number of nitrogens with two attached hydrogens (primary N) is 1. The first-order valence-electron chi connectivity index (χ1n) is 7.50. The van der Waals surface area contributed by atoms with Gasteiger partial charge in [-0.25, -0.2) is 9.97 Å². The lowest BCUT2D eigenvalue weighted by Crippen LogP contribution is -2.23. The quantitative estimate of drug-likeness (QED) is 0.884. The second-order valence-corrected chi connectivity index (χ2v) is 5.58. The Balaban J connectivity index is 2.21. The number of ether oxygens (including phenoxy) is 1. The first kappa shape index (κ1) is 16.7. The van der Waals surface area contributed by atoms with Crippen LogP contribution in [0.1, 0.15) is 47.1 Å². The van der Waals surface area contributed by atoms with Crippen LogP contribution in [0.5, 0.6) is 5.75 Å². The zero-order valence-corrected chi connectivity index (χ0v) is 13.9. The normalized spacial score (nSPS) is 10.7. The van der Waals surface area contributed by atoms with Crippen LogP contribution in [0.3, 0.4) is 0 Å². The zero-order chi connectivity index (χ0) is 17.0. The molecule has 23 heavy (non-hydrogen) atoms. The Morgan fingerprint density at radius 1 is 1.26 bits per heavy atom. The Labute approximate surface area is 136 Å². The highest BCUT2D eigenvalue weighted by Gasteiger charge is 2.17. The van der Waals surface area contributed by atoms with Crippen molar-refractivity contribution in [2.75, 3.05) is 12.8 Å². The maximum atomic E-state index is 12.0. The predicted octanol–water partition coefficient (Wildman–Crippen LogP) is 2.43. The van der Waals surface area contributed by atoms with E-state index in [1.54, 1.807) is 14.0 Å². The van der Waals surface area contributed by atoms with Crippen molar-refractivity contribution < 1.29 is 9.53 Å². The SMILES string of the molecule is CNC(=O)c1c(C)nc(N)nc1COc1ccc(C(C)C)cc1. The summed E-state index contributed by atoms with van der Waals surface area (Å²) >= 11 is 0.